The maximum absolute atomic E-state index is 13.0. The highest BCUT2D eigenvalue weighted by Gasteiger charge is 2.32. The molecule has 7 heteroatoms. The van der Waals surface area contributed by atoms with Crippen LogP contribution in [0.4, 0.5) is 10.2 Å². The Morgan fingerprint density at radius 2 is 1.97 bits per heavy atom. The van der Waals surface area contributed by atoms with E-state index in [1.54, 1.807) is 0 Å². The number of rotatable bonds is 4. The van der Waals surface area contributed by atoms with Crippen LogP contribution in [0.2, 0.25) is 0 Å². The molecular weight excluding hydrogens is 371 g/mol. The van der Waals surface area contributed by atoms with E-state index in [2.05, 4.69) is 11.9 Å². The van der Waals surface area contributed by atoms with Crippen molar-refractivity contribution in [3.05, 3.63) is 47.2 Å². The second kappa shape index (κ2) is 8.35. The lowest BCUT2D eigenvalue weighted by Gasteiger charge is -2.36. The summed E-state index contributed by atoms with van der Waals surface area (Å²) in [4.78, 5) is 26.6. The van der Waals surface area contributed by atoms with Gasteiger partial charge in [0.2, 0.25) is 0 Å². The number of nitrogens with zero attached hydrogens (tertiary/aromatic N) is 4. The van der Waals surface area contributed by atoms with Crippen LogP contribution in [0, 0.1) is 12.7 Å². The zero-order valence-electron chi connectivity index (χ0n) is 17.0. The van der Waals surface area contributed by atoms with E-state index >= 15 is 0 Å². The quantitative estimate of drug-likeness (QED) is 0.790. The molecule has 1 amide bonds. The molecule has 1 aromatic heterocycles. The van der Waals surface area contributed by atoms with E-state index in [-0.39, 0.29) is 24.4 Å². The second-order valence-electron chi connectivity index (χ2n) is 7.84. The van der Waals surface area contributed by atoms with Gasteiger partial charge in [-0.3, -0.25) is 4.79 Å². The number of benzene rings is 1. The highest BCUT2D eigenvalue weighted by atomic mass is 19.1. The maximum atomic E-state index is 13.0. The monoisotopic (exact) mass is 398 g/mol. The molecule has 3 heterocycles. The van der Waals surface area contributed by atoms with Crippen molar-refractivity contribution in [3.8, 4) is 5.75 Å². The van der Waals surface area contributed by atoms with Crippen molar-refractivity contribution < 1.29 is 13.9 Å². The van der Waals surface area contributed by atoms with E-state index in [1.807, 2.05) is 11.8 Å². The first-order valence-electron chi connectivity index (χ1n) is 10.3. The van der Waals surface area contributed by atoms with Gasteiger partial charge in [0.25, 0.3) is 5.91 Å². The number of carbonyl (C=O) groups is 1. The lowest BCUT2D eigenvalue weighted by molar-refractivity contribution is -0.137. The van der Waals surface area contributed by atoms with Crippen LogP contribution in [0.3, 0.4) is 0 Å². The lowest BCUT2D eigenvalue weighted by atomic mass is 9.99. The first-order chi connectivity index (χ1) is 14.0. The van der Waals surface area contributed by atoms with Gasteiger partial charge in [-0.15, -0.1) is 0 Å². The normalized spacial score (nSPS) is 19.1. The topological polar surface area (TPSA) is 58.6 Å². The third-order valence-corrected chi connectivity index (χ3v) is 5.79. The molecule has 4 rings (SSSR count). The summed E-state index contributed by atoms with van der Waals surface area (Å²) in [7, 11) is 2.06. The Bertz CT molecular complexity index is 887. The number of piperidine rings is 1. The Labute approximate surface area is 170 Å². The van der Waals surface area contributed by atoms with Crippen molar-refractivity contribution >= 4 is 11.7 Å². The number of carbonyl (C=O) groups excluding carboxylic acids is 1. The third-order valence-electron chi connectivity index (χ3n) is 5.79. The molecule has 0 spiro atoms. The van der Waals surface area contributed by atoms with Gasteiger partial charge >= 0.3 is 0 Å². The zero-order valence-corrected chi connectivity index (χ0v) is 17.0. The van der Waals surface area contributed by atoms with Crippen LogP contribution in [-0.2, 0) is 11.2 Å². The third kappa shape index (κ3) is 4.18. The average molecular weight is 398 g/mol. The molecule has 6 nitrogen and oxygen atoms in total. The van der Waals surface area contributed by atoms with Crippen LogP contribution >= 0.6 is 0 Å². The van der Waals surface area contributed by atoms with Crippen molar-refractivity contribution in [2.75, 3.05) is 31.6 Å². The molecule has 0 bridgehead atoms. The van der Waals surface area contributed by atoms with Crippen LogP contribution in [0.25, 0.3) is 0 Å². The molecule has 2 aliphatic heterocycles. The van der Waals surface area contributed by atoms with E-state index < -0.39 is 0 Å². The van der Waals surface area contributed by atoms with Crippen LogP contribution in [0.1, 0.15) is 48.8 Å². The molecule has 2 aromatic rings. The Morgan fingerprint density at radius 3 is 2.76 bits per heavy atom. The van der Waals surface area contributed by atoms with Crippen LogP contribution in [0.5, 0.6) is 5.75 Å². The molecule has 0 unspecified atom stereocenters. The average Bonchev–Trinajstić information content (AvgIpc) is 2.74. The summed E-state index contributed by atoms with van der Waals surface area (Å²) >= 11 is 0. The number of hydrogen-bond donors (Lipinski definition) is 0. The van der Waals surface area contributed by atoms with E-state index in [9.17, 15) is 9.18 Å². The van der Waals surface area contributed by atoms with Crippen LogP contribution < -0.4 is 9.64 Å². The molecule has 154 valence electrons. The summed E-state index contributed by atoms with van der Waals surface area (Å²) in [5.41, 5.74) is 2.23. The zero-order chi connectivity index (χ0) is 20.4. The highest BCUT2D eigenvalue weighted by molar-refractivity contribution is 5.78. The first-order valence-corrected chi connectivity index (χ1v) is 10.3. The fourth-order valence-electron chi connectivity index (χ4n) is 4.22. The van der Waals surface area contributed by atoms with Crippen molar-refractivity contribution in [1.82, 2.24) is 14.9 Å². The van der Waals surface area contributed by atoms with Gasteiger partial charge in [0.1, 0.15) is 17.4 Å². The summed E-state index contributed by atoms with van der Waals surface area (Å²) in [6.07, 6.45) is 4.97. The summed E-state index contributed by atoms with van der Waals surface area (Å²) in [6.45, 7) is 3.62. The van der Waals surface area contributed by atoms with Gasteiger partial charge in [-0.25, -0.2) is 14.4 Å². The number of amides is 1. The number of ether oxygens (including phenoxy) is 1. The number of likely N-dealkylation sites (tertiary alicyclic amines) is 1. The molecule has 1 aromatic carbocycles. The summed E-state index contributed by atoms with van der Waals surface area (Å²) in [5, 5.41) is 0. The molecule has 0 saturated carbocycles. The smallest absolute Gasteiger partial charge is 0.261 e. The maximum Gasteiger partial charge on any atom is 0.261 e. The fourth-order valence-corrected chi connectivity index (χ4v) is 4.22. The largest absolute Gasteiger partial charge is 0.484 e. The van der Waals surface area contributed by atoms with Crippen LogP contribution in [0.15, 0.2) is 24.3 Å². The fraction of sp³-hybridized carbons (Fsp3) is 0.500. The predicted octanol–water partition coefficient (Wildman–Crippen LogP) is 3.44. The van der Waals surface area contributed by atoms with Gasteiger partial charge in [-0.2, -0.15) is 0 Å². The van der Waals surface area contributed by atoms with E-state index in [0.717, 1.165) is 56.0 Å². The molecule has 0 radical (unpaired) electrons. The van der Waals surface area contributed by atoms with Gasteiger partial charge < -0.3 is 14.5 Å². The molecule has 1 saturated heterocycles. The first kappa shape index (κ1) is 19.6. The van der Waals surface area contributed by atoms with Crippen LogP contribution in [-0.4, -0.2) is 47.5 Å². The van der Waals surface area contributed by atoms with Gasteiger partial charge in [-0.05, 0) is 63.3 Å². The molecular formula is C22H27FN4O2. The van der Waals surface area contributed by atoms with Crippen molar-refractivity contribution in [3.63, 3.8) is 0 Å². The number of halogens is 1. The Hall–Kier alpha value is -2.70. The Kier molecular flexibility index (Phi) is 5.65. The molecule has 2 aliphatic rings. The molecule has 1 atom stereocenters. The van der Waals surface area contributed by atoms with Gasteiger partial charge in [0, 0.05) is 31.4 Å². The minimum absolute atomic E-state index is 0.0774. The highest BCUT2D eigenvalue weighted by Crippen LogP contribution is 2.33. The molecule has 29 heavy (non-hydrogen) atoms. The lowest BCUT2D eigenvalue weighted by Crippen LogP contribution is -2.42. The number of hydrogen-bond acceptors (Lipinski definition) is 5. The number of aromatic nitrogens is 2. The predicted molar refractivity (Wildman–Crippen MR) is 109 cm³/mol. The SMILES string of the molecule is Cc1nc([C@H]2CCCCN2C(=O)COc2ccc(F)cc2)nc2c1CCCN2C. The van der Waals surface area contributed by atoms with Crippen molar-refractivity contribution in [1.29, 1.82) is 0 Å². The van der Waals surface area contributed by atoms with E-state index in [4.69, 9.17) is 14.7 Å². The van der Waals surface area contributed by atoms with E-state index in [0.29, 0.717) is 12.3 Å². The number of aryl methyl sites for hydroxylation is 1. The summed E-state index contributed by atoms with van der Waals surface area (Å²) in [5.74, 6) is 1.79. The van der Waals surface area contributed by atoms with Gasteiger partial charge in [-0.1, -0.05) is 0 Å². The molecule has 0 aliphatic carbocycles. The van der Waals surface area contributed by atoms with Crippen molar-refractivity contribution in [2.24, 2.45) is 0 Å². The Balaban J connectivity index is 1.53. The molecule has 1 fully saturated rings. The standard InChI is InChI=1S/C22H27FN4O2/c1-15-18-6-5-12-26(2)22(18)25-21(24-15)19-7-3-4-13-27(19)20(28)14-29-17-10-8-16(23)9-11-17/h8-11,19H,3-7,12-14H2,1-2H3/t19-/m1/s1. The minimum atomic E-state index is -0.329. The van der Waals surface area contributed by atoms with E-state index in [1.165, 1.54) is 29.8 Å². The minimum Gasteiger partial charge on any atom is -0.484 e. The second-order valence-corrected chi connectivity index (χ2v) is 7.84. The number of fused-ring (bicyclic) bond motifs is 1. The summed E-state index contributed by atoms with van der Waals surface area (Å²) < 4.78 is 18.6. The summed E-state index contributed by atoms with van der Waals surface area (Å²) in [6, 6.07) is 5.57. The van der Waals surface area contributed by atoms with Gasteiger partial charge in [0.15, 0.2) is 12.4 Å². The van der Waals surface area contributed by atoms with Gasteiger partial charge in [0.05, 0.1) is 6.04 Å². The molecule has 0 N–H and O–H groups in total. The number of anilines is 1. The Morgan fingerprint density at radius 1 is 1.17 bits per heavy atom. The van der Waals surface area contributed by atoms with Crippen molar-refractivity contribution in [2.45, 2.75) is 45.1 Å².